The van der Waals surface area contributed by atoms with E-state index in [9.17, 15) is 34.5 Å². The van der Waals surface area contributed by atoms with E-state index in [2.05, 4.69) is 26.8 Å². The Kier molecular flexibility index (Phi) is 31.2. The van der Waals surface area contributed by atoms with Gasteiger partial charge in [0, 0.05) is 70.8 Å². The van der Waals surface area contributed by atoms with Gasteiger partial charge in [0.25, 0.3) is 0 Å². The van der Waals surface area contributed by atoms with Crippen LogP contribution in [0.2, 0.25) is 0 Å². The van der Waals surface area contributed by atoms with E-state index in [0.717, 1.165) is 48.0 Å². The summed E-state index contributed by atoms with van der Waals surface area (Å²) in [5.41, 5.74) is 3.55. The quantitative estimate of drug-likeness (QED) is 0.136. The summed E-state index contributed by atoms with van der Waals surface area (Å²) >= 11 is 0. The Morgan fingerprint density at radius 3 is 2.11 bits per heavy atom. The van der Waals surface area contributed by atoms with E-state index in [1.54, 1.807) is 20.3 Å². The first-order valence-electron chi connectivity index (χ1n) is 26.3. The molecule has 0 saturated heterocycles. The minimum Gasteiger partial charge on any atom is -0.460 e. The first-order chi connectivity index (χ1) is 34.7. The average Bonchev–Trinajstić information content (AvgIpc) is 3.31. The number of hydrogen-bond acceptors (Lipinski definition) is 14. The molecule has 0 radical (unpaired) electrons. The third-order valence-electron chi connectivity index (χ3n) is 14.3. The van der Waals surface area contributed by atoms with Gasteiger partial charge in [-0.25, -0.2) is 9.59 Å². The van der Waals surface area contributed by atoms with Crippen molar-refractivity contribution in [2.24, 2.45) is 35.5 Å². The van der Waals surface area contributed by atoms with Crippen molar-refractivity contribution in [2.75, 3.05) is 20.8 Å². The van der Waals surface area contributed by atoms with Crippen LogP contribution in [0.5, 0.6) is 0 Å². The van der Waals surface area contributed by atoms with Crippen molar-refractivity contribution in [3.63, 3.8) is 0 Å². The van der Waals surface area contributed by atoms with Crippen LogP contribution in [0.3, 0.4) is 0 Å². The van der Waals surface area contributed by atoms with Crippen LogP contribution >= 0.6 is 0 Å². The Balaban J connectivity index is 0.00000593. The summed E-state index contributed by atoms with van der Waals surface area (Å²) in [6.07, 6.45) is 25.6. The predicted molar refractivity (Wildman–Crippen MR) is 280 cm³/mol. The molecule has 13 atom stereocenters. The van der Waals surface area contributed by atoms with Crippen molar-refractivity contribution in [1.29, 1.82) is 0 Å². The number of ketones is 1. The molecule has 0 aromatic carbocycles. The van der Waals surface area contributed by atoms with Crippen LogP contribution in [0.25, 0.3) is 0 Å². The Morgan fingerprint density at radius 1 is 0.740 bits per heavy atom. The second kappa shape index (κ2) is 35.4. The number of fused-ring (bicyclic) bond motifs is 4. The number of esters is 3. The lowest BCUT2D eigenvalue weighted by molar-refractivity contribution is -0.192. The lowest BCUT2D eigenvalue weighted by Gasteiger charge is -2.31. The molecule has 3 aliphatic heterocycles. The molecule has 3 rings (SSSR count). The van der Waals surface area contributed by atoms with Crippen molar-refractivity contribution in [1.82, 2.24) is 0 Å². The van der Waals surface area contributed by atoms with Crippen molar-refractivity contribution in [3.05, 3.63) is 95.2 Å². The Bertz CT molecular complexity index is 2000. The zero-order valence-electron chi connectivity index (χ0n) is 45.4. The number of aliphatic hydroxyl groups is 3. The van der Waals surface area contributed by atoms with Gasteiger partial charge in [-0.3, -0.25) is 9.59 Å². The highest BCUT2D eigenvalue weighted by Gasteiger charge is 2.31. The molecule has 3 aliphatic rings. The predicted octanol–water partition coefficient (Wildman–Crippen LogP) is 9.74. The van der Waals surface area contributed by atoms with E-state index in [1.807, 2.05) is 83.2 Å². The summed E-state index contributed by atoms with van der Waals surface area (Å²) in [6.45, 7) is 16.4. The van der Waals surface area contributed by atoms with Crippen LogP contribution in [0.15, 0.2) is 95.2 Å². The number of rotatable bonds is 4. The third kappa shape index (κ3) is 26.3. The number of carbonyl (C=O) groups excluding carboxylic acids is 6. The molecule has 0 aromatic rings. The maximum atomic E-state index is 13.1. The smallest absolute Gasteiger partial charge is 0.373 e. The highest BCUT2D eigenvalue weighted by molar-refractivity contribution is 5.88. The number of cyclic esters (lactones) is 1. The maximum Gasteiger partial charge on any atom is 0.373 e. The molecular weight excluding hydrogens is 933 g/mol. The van der Waals surface area contributed by atoms with Crippen LogP contribution in [0, 0.1) is 35.5 Å². The molecule has 0 amide bonds. The van der Waals surface area contributed by atoms with Gasteiger partial charge in [-0.1, -0.05) is 131 Å². The third-order valence-corrected chi connectivity index (χ3v) is 14.3. The van der Waals surface area contributed by atoms with Crippen molar-refractivity contribution < 1.29 is 67.8 Å². The Labute approximate surface area is 435 Å². The number of allylic oxidation sites excluding steroid dienone is 8. The molecule has 14 nitrogen and oxygen atoms in total. The fourth-order valence-corrected chi connectivity index (χ4v) is 9.57. The van der Waals surface area contributed by atoms with Gasteiger partial charge in [-0.15, -0.1) is 0 Å². The van der Waals surface area contributed by atoms with Crippen LogP contribution in [-0.2, 0) is 52.5 Å². The topological polar surface area (TPSA) is 209 Å². The number of aliphatic hydroxyl groups excluding tert-OH is 3. The average molecular weight is 1020 g/mol. The fourth-order valence-electron chi connectivity index (χ4n) is 9.57. The molecule has 3 N–H and O–H groups in total. The van der Waals surface area contributed by atoms with Crippen LogP contribution < -0.4 is 0 Å². The Hall–Kier alpha value is -4.82. The number of hydrogen-bond donors (Lipinski definition) is 3. The summed E-state index contributed by atoms with van der Waals surface area (Å²) in [5.74, 6) is -0.933. The van der Waals surface area contributed by atoms with Gasteiger partial charge in [0.15, 0.2) is 0 Å². The van der Waals surface area contributed by atoms with Gasteiger partial charge >= 0.3 is 24.1 Å². The summed E-state index contributed by atoms with van der Waals surface area (Å²) < 4.78 is 28.6. The molecule has 0 saturated carbocycles. The second-order valence-electron chi connectivity index (χ2n) is 20.7. The molecule has 14 heteroatoms. The van der Waals surface area contributed by atoms with Gasteiger partial charge in [0.1, 0.15) is 24.1 Å². The molecule has 0 aliphatic carbocycles. The minimum atomic E-state index is -0.880. The van der Waals surface area contributed by atoms with Crippen LogP contribution in [0.4, 0.5) is 0 Å². The molecular formula is C59H88O14. The van der Waals surface area contributed by atoms with E-state index in [0.29, 0.717) is 44.4 Å². The first kappa shape index (κ1) is 64.3. The SMILES string of the molecule is CCC1C/C=C/C=C\CC(=O)CC2=CC(=O)OC(C2)CC(OC)C(C)CCC(C)C(C)C(O)CC(O)/C=C/CC2=CC(=O)OC(/C=C(/C)CC(COC)OC(=O)CC(C)/C=C/C=C(/C)CC(O)C1)C2C.O=C=O. The molecule has 4 bridgehead atoms. The zero-order chi connectivity index (χ0) is 54.5. The number of methoxy groups -OCH3 is 2. The number of ether oxygens (including phenoxy) is 5. The fraction of sp³-hybridized carbons (Fsp3) is 0.644. The van der Waals surface area contributed by atoms with Gasteiger partial charge in [0.2, 0.25) is 0 Å². The molecule has 3 heterocycles. The summed E-state index contributed by atoms with van der Waals surface area (Å²) in [4.78, 5) is 67.6. The monoisotopic (exact) mass is 1020 g/mol. The normalized spacial score (nSPS) is 35.3. The number of carbonyl (C=O) groups is 4. The molecule has 0 spiro atoms. The highest BCUT2D eigenvalue weighted by Crippen LogP contribution is 2.32. The second-order valence-corrected chi connectivity index (χ2v) is 20.7. The van der Waals surface area contributed by atoms with Gasteiger partial charge in [-0.05, 0) is 81.6 Å². The van der Waals surface area contributed by atoms with Crippen molar-refractivity contribution in [3.8, 4) is 0 Å². The summed E-state index contributed by atoms with van der Waals surface area (Å²) in [7, 11) is 3.23. The summed E-state index contributed by atoms with van der Waals surface area (Å²) in [5, 5.41) is 33.0. The van der Waals surface area contributed by atoms with E-state index in [-0.39, 0.29) is 85.9 Å². The van der Waals surface area contributed by atoms with Crippen LogP contribution in [0.1, 0.15) is 145 Å². The zero-order valence-corrected chi connectivity index (χ0v) is 45.4. The Morgan fingerprint density at radius 2 is 1.42 bits per heavy atom. The van der Waals surface area contributed by atoms with E-state index < -0.39 is 48.6 Å². The van der Waals surface area contributed by atoms with Gasteiger partial charge < -0.3 is 39.0 Å². The first-order valence-corrected chi connectivity index (χ1v) is 26.3. The van der Waals surface area contributed by atoms with Crippen LogP contribution in [-0.4, -0.2) is 109 Å². The van der Waals surface area contributed by atoms with Crippen molar-refractivity contribution in [2.45, 2.75) is 188 Å². The van der Waals surface area contributed by atoms with E-state index in [1.165, 1.54) is 12.2 Å². The van der Waals surface area contributed by atoms with Gasteiger partial charge in [-0.2, -0.15) is 9.59 Å². The van der Waals surface area contributed by atoms with E-state index >= 15 is 0 Å². The lowest BCUT2D eigenvalue weighted by Crippen LogP contribution is -2.32. The molecule has 73 heavy (non-hydrogen) atoms. The molecule has 0 fully saturated rings. The maximum absolute atomic E-state index is 13.1. The largest absolute Gasteiger partial charge is 0.460 e. The standard InChI is InChI=1S/C58H88O12.CO2/c1-11-45-20-14-12-13-15-22-48(59)31-46-32-51(68-57(64)33-46)36-54(67-10)42(6)25-24-41(5)43(7)53(62)35-49(60)23-17-21-47-34-58(65)70-55(44(47)8)28-40(4)27-52(37-66-9)69-56(63)29-39(3)19-16-18-38(2)26-50(61)30-45;2-1-3/h12-19,23,28,33-34,39,41-45,49-55,60-62H,11,20-22,24-27,29-32,35-37H2,1-10H3;/b14-12+,15-13-,19-16+,23-17+,38-18-,40-28-;. The molecule has 408 valence electrons. The molecule has 13 unspecified atom stereocenters. The van der Waals surface area contributed by atoms with Gasteiger partial charge in [0.05, 0.1) is 37.4 Å². The lowest BCUT2D eigenvalue weighted by atomic mass is 9.82. The highest BCUT2D eigenvalue weighted by atomic mass is 16.6. The number of Topliss-reactive ketones (excluding diaryl/α,β-unsaturated/α-hetero) is 1. The summed E-state index contributed by atoms with van der Waals surface area (Å²) in [6, 6.07) is 0. The van der Waals surface area contributed by atoms with E-state index in [4.69, 9.17) is 33.3 Å². The van der Waals surface area contributed by atoms with Crippen molar-refractivity contribution >= 4 is 29.8 Å². The molecule has 0 aromatic heterocycles. The minimum absolute atomic E-state index is 0.0207.